The fourth-order valence-electron chi connectivity index (χ4n) is 1.48. The van der Waals surface area contributed by atoms with Crippen LogP contribution in [-0.4, -0.2) is 12.0 Å². The minimum Gasteiger partial charge on any atom is -0.365 e. The first-order valence-corrected chi connectivity index (χ1v) is 5.08. The van der Waals surface area contributed by atoms with Gasteiger partial charge in [-0.1, -0.05) is 17.4 Å². The Morgan fingerprint density at radius 1 is 1.31 bits per heavy atom. The molecule has 0 bridgehead atoms. The van der Waals surface area contributed by atoms with E-state index >= 15 is 0 Å². The van der Waals surface area contributed by atoms with E-state index < -0.39 is 0 Å². The lowest BCUT2D eigenvalue weighted by Crippen LogP contribution is -1.85. The van der Waals surface area contributed by atoms with E-state index in [4.69, 9.17) is 0 Å². The van der Waals surface area contributed by atoms with E-state index in [0.717, 1.165) is 10.6 Å². The molecule has 1 N–H and O–H groups in total. The first kappa shape index (κ1) is 8.51. The van der Waals surface area contributed by atoms with Gasteiger partial charge in [0.05, 0.1) is 10.2 Å². The standard InChI is InChI=1S/C10H12N2S/c1-6-4-7(2)9-8(5-6)13-10(11-3)12-9/h4-5H,1-3H3,(H,11,12). The summed E-state index contributed by atoms with van der Waals surface area (Å²) in [6.45, 7) is 4.22. The number of nitrogens with one attached hydrogen (secondary N) is 1. The average Bonchev–Trinajstić information content (AvgIpc) is 2.47. The monoisotopic (exact) mass is 192 g/mol. The number of hydrogen-bond acceptors (Lipinski definition) is 3. The smallest absolute Gasteiger partial charge is 0.183 e. The summed E-state index contributed by atoms with van der Waals surface area (Å²) in [7, 11) is 1.90. The summed E-state index contributed by atoms with van der Waals surface area (Å²) in [6.07, 6.45) is 0. The molecule has 2 nitrogen and oxygen atoms in total. The summed E-state index contributed by atoms with van der Waals surface area (Å²) < 4.78 is 1.27. The molecular formula is C10H12N2S. The van der Waals surface area contributed by atoms with Crippen molar-refractivity contribution < 1.29 is 0 Å². The van der Waals surface area contributed by atoms with E-state index in [9.17, 15) is 0 Å². The second-order valence-corrected chi connectivity index (χ2v) is 4.23. The number of benzene rings is 1. The Morgan fingerprint density at radius 3 is 2.77 bits per heavy atom. The lowest BCUT2D eigenvalue weighted by Gasteiger charge is -1.95. The van der Waals surface area contributed by atoms with Crippen LogP contribution < -0.4 is 5.32 Å². The molecule has 1 aromatic heterocycles. The molecule has 0 aliphatic rings. The Hall–Kier alpha value is -1.09. The van der Waals surface area contributed by atoms with Gasteiger partial charge in [-0.25, -0.2) is 4.98 Å². The fourth-order valence-corrected chi connectivity index (χ4v) is 2.47. The Morgan fingerprint density at radius 2 is 2.08 bits per heavy atom. The van der Waals surface area contributed by atoms with E-state index in [2.05, 4.69) is 36.3 Å². The summed E-state index contributed by atoms with van der Waals surface area (Å²) in [6, 6.07) is 4.35. The van der Waals surface area contributed by atoms with Crippen LogP contribution in [0.2, 0.25) is 0 Å². The molecule has 1 aromatic carbocycles. The van der Waals surface area contributed by atoms with Gasteiger partial charge in [0.15, 0.2) is 5.13 Å². The summed E-state index contributed by atoms with van der Waals surface area (Å²) in [4.78, 5) is 4.48. The number of aryl methyl sites for hydroxylation is 2. The lowest BCUT2D eigenvalue weighted by atomic mass is 10.1. The maximum atomic E-state index is 4.48. The highest BCUT2D eigenvalue weighted by Crippen LogP contribution is 2.28. The SMILES string of the molecule is CNc1nc2c(C)cc(C)cc2s1. The third kappa shape index (κ3) is 1.40. The molecule has 2 aromatic rings. The van der Waals surface area contributed by atoms with Crippen LogP contribution >= 0.6 is 11.3 Å². The van der Waals surface area contributed by atoms with Crippen molar-refractivity contribution in [2.45, 2.75) is 13.8 Å². The quantitative estimate of drug-likeness (QED) is 0.751. The van der Waals surface area contributed by atoms with Crippen molar-refractivity contribution in [2.75, 3.05) is 12.4 Å². The van der Waals surface area contributed by atoms with Crippen molar-refractivity contribution in [3.63, 3.8) is 0 Å². The van der Waals surface area contributed by atoms with Gasteiger partial charge in [-0.15, -0.1) is 0 Å². The Kier molecular flexibility index (Phi) is 1.96. The normalized spacial score (nSPS) is 10.7. The van der Waals surface area contributed by atoms with E-state index in [1.54, 1.807) is 11.3 Å². The van der Waals surface area contributed by atoms with Crippen LogP contribution in [-0.2, 0) is 0 Å². The van der Waals surface area contributed by atoms with Crippen LogP contribution in [0.1, 0.15) is 11.1 Å². The zero-order valence-electron chi connectivity index (χ0n) is 8.01. The van der Waals surface area contributed by atoms with Crippen molar-refractivity contribution >= 4 is 26.7 Å². The van der Waals surface area contributed by atoms with Crippen molar-refractivity contribution in [2.24, 2.45) is 0 Å². The van der Waals surface area contributed by atoms with Crippen molar-refractivity contribution in [3.05, 3.63) is 23.3 Å². The highest BCUT2D eigenvalue weighted by Gasteiger charge is 2.04. The van der Waals surface area contributed by atoms with Crippen molar-refractivity contribution in [1.82, 2.24) is 4.98 Å². The first-order chi connectivity index (χ1) is 6.20. The van der Waals surface area contributed by atoms with Gasteiger partial charge < -0.3 is 5.32 Å². The van der Waals surface area contributed by atoms with Crippen LogP contribution in [0.3, 0.4) is 0 Å². The highest BCUT2D eigenvalue weighted by atomic mass is 32.1. The van der Waals surface area contributed by atoms with Gasteiger partial charge in [0.1, 0.15) is 0 Å². The Balaban J connectivity index is 2.75. The molecule has 0 fully saturated rings. The summed E-state index contributed by atoms with van der Waals surface area (Å²) in [5.74, 6) is 0. The third-order valence-corrected chi connectivity index (χ3v) is 3.06. The highest BCUT2D eigenvalue weighted by molar-refractivity contribution is 7.22. The number of rotatable bonds is 1. The predicted octanol–water partition coefficient (Wildman–Crippen LogP) is 2.95. The second-order valence-electron chi connectivity index (χ2n) is 3.20. The maximum absolute atomic E-state index is 4.48. The lowest BCUT2D eigenvalue weighted by molar-refractivity contribution is 1.36. The molecule has 0 amide bonds. The Bertz CT molecular complexity index is 445. The number of hydrogen-bond donors (Lipinski definition) is 1. The molecular weight excluding hydrogens is 180 g/mol. The number of thiazole rings is 1. The number of aromatic nitrogens is 1. The molecule has 68 valence electrons. The van der Waals surface area contributed by atoms with Gasteiger partial charge in [-0.05, 0) is 31.0 Å². The van der Waals surface area contributed by atoms with Gasteiger partial charge in [0.25, 0.3) is 0 Å². The molecule has 0 saturated heterocycles. The summed E-state index contributed by atoms with van der Waals surface area (Å²) in [5.41, 5.74) is 3.68. The van der Waals surface area contributed by atoms with Crippen LogP contribution in [0.4, 0.5) is 5.13 Å². The molecule has 0 radical (unpaired) electrons. The topological polar surface area (TPSA) is 24.9 Å². The van der Waals surface area contributed by atoms with Crippen LogP contribution in [0.15, 0.2) is 12.1 Å². The van der Waals surface area contributed by atoms with E-state index in [1.165, 1.54) is 15.8 Å². The summed E-state index contributed by atoms with van der Waals surface area (Å²) >= 11 is 1.70. The molecule has 0 aliphatic heterocycles. The van der Waals surface area contributed by atoms with E-state index in [1.807, 2.05) is 7.05 Å². The number of nitrogens with zero attached hydrogens (tertiary/aromatic N) is 1. The molecule has 0 aliphatic carbocycles. The van der Waals surface area contributed by atoms with Gasteiger partial charge >= 0.3 is 0 Å². The van der Waals surface area contributed by atoms with Crippen LogP contribution in [0, 0.1) is 13.8 Å². The predicted molar refractivity (Wildman–Crippen MR) is 58.6 cm³/mol. The van der Waals surface area contributed by atoms with Crippen LogP contribution in [0.5, 0.6) is 0 Å². The molecule has 13 heavy (non-hydrogen) atoms. The van der Waals surface area contributed by atoms with Gasteiger partial charge in [-0.2, -0.15) is 0 Å². The molecule has 0 atom stereocenters. The minimum atomic E-state index is 0.990. The zero-order valence-corrected chi connectivity index (χ0v) is 8.83. The third-order valence-electron chi connectivity index (χ3n) is 2.04. The molecule has 0 saturated carbocycles. The average molecular weight is 192 g/mol. The molecule has 3 heteroatoms. The largest absolute Gasteiger partial charge is 0.365 e. The zero-order chi connectivity index (χ0) is 9.42. The first-order valence-electron chi connectivity index (χ1n) is 4.26. The minimum absolute atomic E-state index is 0.990. The van der Waals surface area contributed by atoms with Gasteiger partial charge in [0, 0.05) is 7.05 Å². The van der Waals surface area contributed by atoms with Gasteiger partial charge in [-0.3, -0.25) is 0 Å². The van der Waals surface area contributed by atoms with Crippen molar-refractivity contribution in [3.8, 4) is 0 Å². The summed E-state index contributed by atoms with van der Waals surface area (Å²) in [5, 5.41) is 4.06. The Labute approximate surface area is 81.6 Å². The second kappa shape index (κ2) is 3.00. The molecule has 0 unspecified atom stereocenters. The molecule has 2 rings (SSSR count). The van der Waals surface area contributed by atoms with Gasteiger partial charge in [0.2, 0.25) is 0 Å². The number of anilines is 1. The van der Waals surface area contributed by atoms with Crippen LogP contribution in [0.25, 0.3) is 10.2 Å². The van der Waals surface area contributed by atoms with E-state index in [0.29, 0.717) is 0 Å². The number of fused-ring (bicyclic) bond motifs is 1. The fraction of sp³-hybridized carbons (Fsp3) is 0.300. The van der Waals surface area contributed by atoms with Crippen molar-refractivity contribution in [1.29, 1.82) is 0 Å². The maximum Gasteiger partial charge on any atom is 0.183 e. The van der Waals surface area contributed by atoms with E-state index in [-0.39, 0.29) is 0 Å². The molecule has 0 spiro atoms. The molecule has 1 heterocycles.